The highest BCUT2D eigenvalue weighted by molar-refractivity contribution is 5.93. The van der Waals surface area contributed by atoms with Crippen LogP contribution in [0.4, 0.5) is 0 Å². The van der Waals surface area contributed by atoms with Crippen molar-refractivity contribution in [2.45, 2.75) is 12.5 Å². The number of aromatic nitrogens is 3. The predicted octanol–water partition coefficient (Wildman–Crippen LogP) is 0.757. The van der Waals surface area contributed by atoms with E-state index in [0.717, 1.165) is 12.1 Å². The summed E-state index contributed by atoms with van der Waals surface area (Å²) in [6.07, 6.45) is 4.54. The summed E-state index contributed by atoms with van der Waals surface area (Å²) in [6.45, 7) is 1.24. The Balaban J connectivity index is 1.67. The van der Waals surface area contributed by atoms with Crippen LogP contribution >= 0.6 is 0 Å². The van der Waals surface area contributed by atoms with E-state index in [0.29, 0.717) is 24.5 Å². The van der Waals surface area contributed by atoms with Gasteiger partial charge in [-0.15, -0.1) is 0 Å². The molecule has 2 aromatic rings. The highest BCUT2D eigenvalue weighted by atomic mass is 16.2. The molecular formula is C14H14N6O. The average Bonchev–Trinajstić information content (AvgIpc) is 3.17. The number of carbonyl (C=O) groups excluding carboxylic acids is 1. The number of pyridine rings is 1. The molecule has 0 spiro atoms. The summed E-state index contributed by atoms with van der Waals surface area (Å²) >= 11 is 0. The van der Waals surface area contributed by atoms with Gasteiger partial charge in [-0.2, -0.15) is 10.4 Å². The molecule has 1 saturated heterocycles. The number of carbonyl (C=O) groups is 1. The highest BCUT2D eigenvalue weighted by Gasteiger charge is 2.24. The first kappa shape index (κ1) is 13.1. The van der Waals surface area contributed by atoms with Crippen molar-refractivity contribution >= 4 is 5.91 Å². The van der Waals surface area contributed by atoms with Gasteiger partial charge in [-0.3, -0.25) is 14.9 Å². The second-order valence-corrected chi connectivity index (χ2v) is 4.89. The van der Waals surface area contributed by atoms with Crippen LogP contribution in [0.15, 0.2) is 30.5 Å². The highest BCUT2D eigenvalue weighted by Crippen LogP contribution is 2.15. The molecule has 7 heteroatoms. The van der Waals surface area contributed by atoms with Crippen LogP contribution in [-0.4, -0.2) is 45.1 Å². The van der Waals surface area contributed by atoms with Gasteiger partial charge >= 0.3 is 0 Å². The van der Waals surface area contributed by atoms with Crippen molar-refractivity contribution in [3.8, 4) is 17.6 Å². The van der Waals surface area contributed by atoms with Crippen LogP contribution in [0.1, 0.15) is 16.9 Å². The summed E-state index contributed by atoms with van der Waals surface area (Å²) in [5.41, 5.74) is 1.76. The van der Waals surface area contributed by atoms with E-state index in [1.807, 2.05) is 18.2 Å². The standard InChI is InChI=1S/C14H14N6O/c15-9-20-6-4-10(8-20)17-14(21)13-7-12(18-19-13)11-3-1-2-5-16-11/h1-3,5,7,10H,4,6,8H2,(H,17,21)(H,18,19). The number of nitriles is 1. The SMILES string of the molecule is N#CN1CCC(NC(=O)c2cc(-c3ccccn3)[nH]n2)C1. The first-order valence-corrected chi connectivity index (χ1v) is 6.68. The number of H-pyrrole nitrogens is 1. The molecule has 1 amide bonds. The number of rotatable bonds is 3. The lowest BCUT2D eigenvalue weighted by Gasteiger charge is -2.10. The molecule has 21 heavy (non-hydrogen) atoms. The summed E-state index contributed by atoms with van der Waals surface area (Å²) in [7, 11) is 0. The summed E-state index contributed by atoms with van der Waals surface area (Å²) in [5.74, 6) is -0.238. The Hall–Kier alpha value is -2.88. The van der Waals surface area contributed by atoms with E-state index in [-0.39, 0.29) is 11.9 Å². The van der Waals surface area contributed by atoms with Gasteiger partial charge in [0.2, 0.25) is 0 Å². The van der Waals surface area contributed by atoms with Crippen molar-refractivity contribution in [3.63, 3.8) is 0 Å². The van der Waals surface area contributed by atoms with Gasteiger partial charge in [-0.05, 0) is 24.6 Å². The second kappa shape index (κ2) is 5.63. The largest absolute Gasteiger partial charge is 0.346 e. The molecule has 0 bridgehead atoms. The summed E-state index contributed by atoms with van der Waals surface area (Å²) in [6, 6.07) is 7.21. The Labute approximate surface area is 121 Å². The Morgan fingerprint density at radius 1 is 1.52 bits per heavy atom. The fourth-order valence-corrected chi connectivity index (χ4v) is 2.32. The third-order valence-electron chi connectivity index (χ3n) is 3.42. The fraction of sp³-hybridized carbons (Fsp3) is 0.286. The average molecular weight is 282 g/mol. The number of likely N-dealkylation sites (tertiary alicyclic amines) is 1. The third-order valence-corrected chi connectivity index (χ3v) is 3.42. The smallest absolute Gasteiger partial charge is 0.272 e. The van der Waals surface area contributed by atoms with Crippen molar-refractivity contribution in [2.75, 3.05) is 13.1 Å². The van der Waals surface area contributed by atoms with Gasteiger partial charge < -0.3 is 10.2 Å². The zero-order valence-corrected chi connectivity index (χ0v) is 11.3. The fourth-order valence-electron chi connectivity index (χ4n) is 2.32. The molecule has 1 aliphatic rings. The quantitative estimate of drug-likeness (QED) is 0.810. The van der Waals surface area contributed by atoms with Crippen LogP contribution in [0.3, 0.4) is 0 Å². The number of hydrogen-bond donors (Lipinski definition) is 2. The maximum absolute atomic E-state index is 12.1. The molecule has 0 aliphatic carbocycles. The lowest BCUT2D eigenvalue weighted by Crippen LogP contribution is -2.36. The minimum Gasteiger partial charge on any atom is -0.346 e. The molecule has 2 N–H and O–H groups in total. The van der Waals surface area contributed by atoms with Crippen LogP contribution in [-0.2, 0) is 0 Å². The van der Waals surface area contributed by atoms with Crippen LogP contribution in [0.2, 0.25) is 0 Å². The minimum atomic E-state index is -0.238. The van der Waals surface area contributed by atoms with Crippen molar-refractivity contribution in [1.82, 2.24) is 25.4 Å². The van der Waals surface area contributed by atoms with E-state index in [1.165, 1.54) is 0 Å². The van der Waals surface area contributed by atoms with Crippen molar-refractivity contribution in [2.24, 2.45) is 0 Å². The Kier molecular flexibility index (Phi) is 3.51. The van der Waals surface area contributed by atoms with Gasteiger partial charge in [-0.25, -0.2) is 0 Å². The van der Waals surface area contributed by atoms with Crippen LogP contribution in [0, 0.1) is 11.5 Å². The monoisotopic (exact) mass is 282 g/mol. The van der Waals surface area contributed by atoms with E-state index in [9.17, 15) is 4.79 Å². The third kappa shape index (κ3) is 2.84. The molecule has 1 unspecified atom stereocenters. The summed E-state index contributed by atoms with van der Waals surface area (Å²) < 4.78 is 0. The topological polar surface area (TPSA) is 97.7 Å². The van der Waals surface area contributed by atoms with E-state index in [1.54, 1.807) is 17.2 Å². The van der Waals surface area contributed by atoms with Gasteiger partial charge in [0.25, 0.3) is 5.91 Å². The Morgan fingerprint density at radius 3 is 3.14 bits per heavy atom. The maximum atomic E-state index is 12.1. The summed E-state index contributed by atoms with van der Waals surface area (Å²) in [4.78, 5) is 18.0. The molecule has 7 nitrogen and oxygen atoms in total. The summed E-state index contributed by atoms with van der Waals surface area (Å²) in [5, 5.41) is 18.5. The molecule has 0 aromatic carbocycles. The number of aromatic amines is 1. The van der Waals surface area contributed by atoms with Gasteiger partial charge in [0.1, 0.15) is 0 Å². The van der Waals surface area contributed by atoms with Gasteiger partial charge in [0.05, 0.1) is 11.4 Å². The molecule has 1 atom stereocenters. The molecule has 0 saturated carbocycles. The molecule has 3 rings (SSSR count). The second-order valence-electron chi connectivity index (χ2n) is 4.89. The van der Waals surface area contributed by atoms with Crippen molar-refractivity contribution in [1.29, 1.82) is 5.26 Å². The van der Waals surface area contributed by atoms with Gasteiger partial charge in [0.15, 0.2) is 11.9 Å². The first-order valence-electron chi connectivity index (χ1n) is 6.68. The molecular weight excluding hydrogens is 268 g/mol. The van der Waals surface area contributed by atoms with Crippen LogP contribution in [0.25, 0.3) is 11.4 Å². The lowest BCUT2D eigenvalue weighted by molar-refractivity contribution is 0.0933. The van der Waals surface area contributed by atoms with E-state index in [2.05, 4.69) is 26.7 Å². The maximum Gasteiger partial charge on any atom is 0.272 e. The van der Waals surface area contributed by atoms with Crippen LogP contribution < -0.4 is 5.32 Å². The van der Waals surface area contributed by atoms with Crippen molar-refractivity contribution < 1.29 is 4.79 Å². The minimum absolute atomic E-state index is 0.00727. The number of hydrogen-bond acceptors (Lipinski definition) is 5. The number of nitrogens with one attached hydrogen (secondary N) is 2. The molecule has 2 aromatic heterocycles. The predicted molar refractivity (Wildman–Crippen MR) is 74.9 cm³/mol. The molecule has 1 fully saturated rings. The molecule has 0 radical (unpaired) electrons. The lowest BCUT2D eigenvalue weighted by atomic mass is 10.2. The van der Waals surface area contributed by atoms with E-state index in [4.69, 9.17) is 5.26 Å². The Bertz CT molecular complexity index is 674. The van der Waals surface area contributed by atoms with Gasteiger partial charge in [-0.1, -0.05) is 6.07 Å². The van der Waals surface area contributed by atoms with Crippen molar-refractivity contribution in [3.05, 3.63) is 36.2 Å². The molecule has 3 heterocycles. The van der Waals surface area contributed by atoms with E-state index >= 15 is 0 Å². The first-order chi connectivity index (χ1) is 10.3. The van der Waals surface area contributed by atoms with E-state index < -0.39 is 0 Å². The van der Waals surface area contributed by atoms with Gasteiger partial charge in [0, 0.05) is 25.3 Å². The molecule has 1 aliphatic heterocycles. The number of nitrogens with zero attached hydrogens (tertiary/aromatic N) is 4. The zero-order chi connectivity index (χ0) is 14.7. The van der Waals surface area contributed by atoms with Crippen LogP contribution in [0.5, 0.6) is 0 Å². The molecule has 106 valence electrons. The number of amides is 1. The zero-order valence-electron chi connectivity index (χ0n) is 11.3. The Morgan fingerprint density at radius 2 is 2.43 bits per heavy atom. The normalized spacial score (nSPS) is 17.5.